The largest absolute Gasteiger partial charge is 0.465 e. The molecule has 0 aliphatic heterocycles. The van der Waals surface area contributed by atoms with Gasteiger partial charge in [-0.05, 0) is 50.2 Å². The summed E-state index contributed by atoms with van der Waals surface area (Å²) in [5, 5.41) is 0. The Kier molecular flexibility index (Phi) is 7.02. The number of fused-ring (bicyclic) bond motifs is 1. The Labute approximate surface area is 167 Å². The molecule has 2 aliphatic rings. The number of ether oxygens (including phenoxy) is 2. The first-order valence-electron chi connectivity index (χ1n) is 9.98. The summed E-state index contributed by atoms with van der Waals surface area (Å²) in [6.45, 7) is 11.7. The lowest BCUT2D eigenvalue weighted by molar-refractivity contribution is -0.149. The molecule has 0 spiro atoms. The zero-order valence-corrected chi connectivity index (χ0v) is 17.8. The minimum absolute atomic E-state index is 0.0585. The molecule has 4 unspecified atom stereocenters. The van der Waals surface area contributed by atoms with Gasteiger partial charge in [-0.3, -0.25) is 9.59 Å². The standard InChI is InChI=1S/C23H32O5/c1-14(2)19-12-23(6)16(4)21(9-8-18(23)11-20(19)25)28-22(26)10-7-15(3)13-27-17(5)24/h7,10-11,15-16,21H,8-9,12-13H2,1-6H3/b10-7+. The molecule has 1 fully saturated rings. The molecule has 0 radical (unpaired) electrons. The van der Waals surface area contributed by atoms with Crippen molar-refractivity contribution in [1.29, 1.82) is 0 Å². The summed E-state index contributed by atoms with van der Waals surface area (Å²) >= 11 is 0. The molecule has 0 aromatic heterocycles. The fraction of sp³-hybridized carbons (Fsp3) is 0.609. The molecule has 0 N–H and O–H groups in total. The van der Waals surface area contributed by atoms with Crippen LogP contribution in [0.3, 0.4) is 0 Å². The number of rotatable bonds is 5. The Balaban J connectivity index is 2.05. The maximum Gasteiger partial charge on any atom is 0.330 e. The van der Waals surface area contributed by atoms with Crippen LogP contribution in [-0.2, 0) is 23.9 Å². The Morgan fingerprint density at radius 1 is 1.32 bits per heavy atom. The van der Waals surface area contributed by atoms with Crippen molar-refractivity contribution in [3.05, 3.63) is 34.9 Å². The van der Waals surface area contributed by atoms with Crippen molar-refractivity contribution in [2.75, 3.05) is 6.61 Å². The third-order valence-corrected chi connectivity index (χ3v) is 6.12. The van der Waals surface area contributed by atoms with E-state index < -0.39 is 0 Å². The number of esters is 2. The fourth-order valence-corrected chi connectivity index (χ4v) is 4.07. The van der Waals surface area contributed by atoms with Crippen LogP contribution in [0.2, 0.25) is 0 Å². The van der Waals surface area contributed by atoms with Gasteiger partial charge in [-0.25, -0.2) is 4.79 Å². The predicted molar refractivity (Wildman–Crippen MR) is 107 cm³/mol. The summed E-state index contributed by atoms with van der Waals surface area (Å²) in [4.78, 5) is 35.5. The van der Waals surface area contributed by atoms with E-state index in [0.717, 1.165) is 24.0 Å². The third-order valence-electron chi connectivity index (χ3n) is 6.12. The zero-order valence-electron chi connectivity index (χ0n) is 17.8. The van der Waals surface area contributed by atoms with Crippen LogP contribution in [0.25, 0.3) is 0 Å². The Morgan fingerprint density at radius 2 is 2.00 bits per heavy atom. The first-order chi connectivity index (χ1) is 13.0. The van der Waals surface area contributed by atoms with Crippen molar-refractivity contribution in [1.82, 2.24) is 0 Å². The van der Waals surface area contributed by atoms with Crippen molar-refractivity contribution in [2.24, 2.45) is 17.3 Å². The first kappa shape index (κ1) is 22.1. The first-order valence-corrected chi connectivity index (χ1v) is 9.98. The summed E-state index contributed by atoms with van der Waals surface area (Å²) in [6.07, 6.45) is 6.93. The second-order valence-corrected chi connectivity index (χ2v) is 8.55. The topological polar surface area (TPSA) is 69.7 Å². The molecule has 28 heavy (non-hydrogen) atoms. The molecule has 0 heterocycles. The number of hydrogen-bond donors (Lipinski definition) is 0. The van der Waals surface area contributed by atoms with E-state index in [1.165, 1.54) is 18.6 Å². The molecule has 0 aromatic carbocycles. The quantitative estimate of drug-likeness (QED) is 0.518. The third kappa shape index (κ3) is 5.00. The smallest absolute Gasteiger partial charge is 0.330 e. The van der Waals surface area contributed by atoms with Crippen LogP contribution in [0, 0.1) is 17.3 Å². The highest BCUT2D eigenvalue weighted by molar-refractivity contribution is 6.06. The highest BCUT2D eigenvalue weighted by Gasteiger charge is 2.47. The van der Waals surface area contributed by atoms with Crippen LogP contribution in [0.4, 0.5) is 0 Å². The number of ketones is 1. The monoisotopic (exact) mass is 388 g/mol. The molecule has 1 saturated carbocycles. The van der Waals surface area contributed by atoms with E-state index >= 15 is 0 Å². The molecule has 2 aliphatic carbocycles. The lowest BCUT2D eigenvalue weighted by Crippen LogP contribution is -2.44. The maximum absolute atomic E-state index is 12.4. The van der Waals surface area contributed by atoms with Crippen molar-refractivity contribution in [3.8, 4) is 0 Å². The van der Waals surface area contributed by atoms with Crippen LogP contribution in [0.15, 0.2) is 34.9 Å². The van der Waals surface area contributed by atoms with Gasteiger partial charge in [0.25, 0.3) is 0 Å². The Morgan fingerprint density at radius 3 is 2.61 bits per heavy atom. The van der Waals surface area contributed by atoms with Crippen LogP contribution in [0.5, 0.6) is 0 Å². The van der Waals surface area contributed by atoms with E-state index in [2.05, 4.69) is 13.8 Å². The number of allylic oxidation sites excluding steroid dienone is 4. The zero-order chi connectivity index (χ0) is 21.1. The highest BCUT2D eigenvalue weighted by atomic mass is 16.5. The number of hydrogen-bond acceptors (Lipinski definition) is 5. The molecule has 5 heteroatoms. The fourth-order valence-electron chi connectivity index (χ4n) is 4.07. The molecule has 2 rings (SSSR count). The summed E-state index contributed by atoms with van der Waals surface area (Å²) < 4.78 is 10.7. The number of carbonyl (C=O) groups is 3. The minimum Gasteiger partial charge on any atom is -0.465 e. The lowest BCUT2D eigenvalue weighted by Gasteiger charge is -2.48. The van der Waals surface area contributed by atoms with Crippen molar-refractivity contribution in [3.63, 3.8) is 0 Å². The highest BCUT2D eigenvalue weighted by Crippen LogP contribution is 2.52. The van der Waals surface area contributed by atoms with Gasteiger partial charge in [-0.2, -0.15) is 0 Å². The maximum atomic E-state index is 12.4. The van der Waals surface area contributed by atoms with Gasteiger partial charge in [-0.1, -0.05) is 38.0 Å². The van der Waals surface area contributed by atoms with E-state index in [1.54, 1.807) is 12.2 Å². The second-order valence-electron chi connectivity index (χ2n) is 8.55. The molecule has 5 nitrogen and oxygen atoms in total. The molecule has 0 amide bonds. The van der Waals surface area contributed by atoms with Gasteiger partial charge in [0.1, 0.15) is 6.10 Å². The molecule has 0 saturated heterocycles. The molecule has 0 bridgehead atoms. The SMILES string of the molecule is CC(=O)OCC(C)/C=C/C(=O)OC1CCC2=CC(=O)C(=C(C)C)CC2(C)C1C. The minimum atomic E-state index is -0.378. The van der Waals surface area contributed by atoms with Crippen LogP contribution in [0.1, 0.15) is 60.8 Å². The van der Waals surface area contributed by atoms with Gasteiger partial charge in [0.15, 0.2) is 5.78 Å². The summed E-state index contributed by atoms with van der Waals surface area (Å²) in [5.41, 5.74) is 2.94. The van der Waals surface area contributed by atoms with E-state index in [1.807, 2.05) is 20.8 Å². The van der Waals surface area contributed by atoms with Gasteiger partial charge < -0.3 is 9.47 Å². The van der Waals surface area contributed by atoms with Gasteiger partial charge in [0.05, 0.1) is 6.61 Å². The van der Waals surface area contributed by atoms with Crippen LogP contribution < -0.4 is 0 Å². The van der Waals surface area contributed by atoms with Crippen molar-refractivity contribution in [2.45, 2.75) is 66.9 Å². The normalized spacial score (nSPS) is 28.4. The van der Waals surface area contributed by atoms with E-state index in [-0.39, 0.29) is 47.7 Å². The number of carbonyl (C=O) groups excluding carboxylic acids is 3. The van der Waals surface area contributed by atoms with E-state index in [9.17, 15) is 14.4 Å². The predicted octanol–water partition coefficient (Wildman–Crippen LogP) is 4.33. The van der Waals surface area contributed by atoms with Gasteiger partial charge in [0, 0.05) is 24.8 Å². The molecular weight excluding hydrogens is 356 g/mol. The molecule has 154 valence electrons. The molecule has 0 aromatic rings. The second kappa shape index (κ2) is 8.89. The van der Waals surface area contributed by atoms with Gasteiger partial charge in [0.2, 0.25) is 0 Å². The average molecular weight is 389 g/mol. The van der Waals surface area contributed by atoms with Gasteiger partial charge in [-0.15, -0.1) is 0 Å². The van der Waals surface area contributed by atoms with Gasteiger partial charge >= 0.3 is 11.9 Å². The van der Waals surface area contributed by atoms with Crippen molar-refractivity contribution >= 4 is 17.7 Å². The Hall–Kier alpha value is -2.17. The van der Waals surface area contributed by atoms with Crippen LogP contribution in [-0.4, -0.2) is 30.4 Å². The Bertz CT molecular complexity index is 738. The van der Waals surface area contributed by atoms with E-state index in [4.69, 9.17) is 9.47 Å². The summed E-state index contributed by atoms with van der Waals surface area (Å²) in [6, 6.07) is 0. The van der Waals surface area contributed by atoms with E-state index in [0.29, 0.717) is 6.42 Å². The average Bonchev–Trinajstić information content (AvgIpc) is 2.62. The molecule has 4 atom stereocenters. The summed E-state index contributed by atoms with van der Waals surface area (Å²) in [5.74, 6) is -0.531. The lowest BCUT2D eigenvalue weighted by atomic mass is 9.58. The van der Waals surface area contributed by atoms with Crippen LogP contribution >= 0.6 is 0 Å². The summed E-state index contributed by atoms with van der Waals surface area (Å²) in [7, 11) is 0. The molecular formula is C23H32O5. The van der Waals surface area contributed by atoms with Crippen molar-refractivity contribution < 1.29 is 23.9 Å².